The summed E-state index contributed by atoms with van der Waals surface area (Å²) < 4.78 is 5.70. The maximum absolute atomic E-state index is 12.3. The number of esters is 1. The third-order valence-electron chi connectivity index (χ3n) is 9.85. The van der Waals surface area contributed by atoms with Gasteiger partial charge in [-0.3, -0.25) is 9.59 Å². The Bertz CT molecular complexity index is 662. The van der Waals surface area contributed by atoms with Gasteiger partial charge in [0.25, 0.3) is 0 Å². The summed E-state index contributed by atoms with van der Waals surface area (Å²) in [7, 11) is 2.03. The van der Waals surface area contributed by atoms with E-state index in [1.54, 1.807) is 0 Å². The molecule has 0 aromatic heterocycles. The van der Waals surface area contributed by atoms with Crippen LogP contribution < -0.4 is 0 Å². The van der Waals surface area contributed by atoms with Gasteiger partial charge in [-0.05, 0) is 80.0 Å². The fraction of sp³-hybridized carbons (Fsp3) is 0.917. The number of piperidine rings is 1. The van der Waals surface area contributed by atoms with Gasteiger partial charge >= 0.3 is 5.97 Å². The molecule has 1 aliphatic heterocycles. The normalized spacial score (nSPS) is 49.1. The van der Waals surface area contributed by atoms with Crippen LogP contribution in [0, 0.1) is 40.4 Å². The van der Waals surface area contributed by atoms with Gasteiger partial charge in [-0.25, -0.2) is 0 Å². The summed E-state index contributed by atoms with van der Waals surface area (Å²) in [5, 5.41) is 0. The smallest absolute Gasteiger partial charge is 0.302 e. The van der Waals surface area contributed by atoms with E-state index in [0.717, 1.165) is 37.0 Å². The van der Waals surface area contributed by atoms with Gasteiger partial charge in [0.15, 0.2) is 0 Å². The van der Waals surface area contributed by atoms with Gasteiger partial charge in [0.2, 0.25) is 5.91 Å². The molecule has 9 atom stereocenters. The monoisotopic (exact) mass is 389 g/mol. The Morgan fingerprint density at radius 1 is 1.14 bits per heavy atom. The van der Waals surface area contributed by atoms with Crippen LogP contribution in [0.1, 0.15) is 79.6 Å². The number of carbonyl (C=O) groups excluding carboxylic acids is 2. The summed E-state index contributed by atoms with van der Waals surface area (Å²) in [5.41, 5.74) is 0.546. The van der Waals surface area contributed by atoms with Crippen LogP contribution >= 0.6 is 0 Å². The molecule has 0 radical (unpaired) electrons. The highest BCUT2D eigenvalue weighted by molar-refractivity contribution is 5.77. The molecule has 4 heteroatoms. The van der Waals surface area contributed by atoms with Crippen molar-refractivity contribution >= 4 is 11.9 Å². The molecule has 0 bridgehead atoms. The lowest BCUT2D eigenvalue weighted by atomic mass is 9.46. The molecular weight excluding hydrogens is 350 g/mol. The molecule has 4 nitrogen and oxygen atoms in total. The van der Waals surface area contributed by atoms with Crippen LogP contribution in [-0.2, 0) is 14.3 Å². The summed E-state index contributed by atoms with van der Waals surface area (Å²) in [6.07, 6.45) is 7.97. The van der Waals surface area contributed by atoms with Crippen molar-refractivity contribution in [1.82, 2.24) is 4.90 Å². The lowest BCUT2D eigenvalue weighted by molar-refractivity contribution is -0.164. The van der Waals surface area contributed by atoms with Crippen LogP contribution in [0.15, 0.2) is 0 Å². The first-order chi connectivity index (χ1) is 13.1. The van der Waals surface area contributed by atoms with Gasteiger partial charge in [0.1, 0.15) is 6.10 Å². The largest absolute Gasteiger partial charge is 0.463 e. The van der Waals surface area contributed by atoms with E-state index in [-0.39, 0.29) is 22.9 Å². The minimum absolute atomic E-state index is 0.00408. The van der Waals surface area contributed by atoms with E-state index in [9.17, 15) is 9.59 Å². The summed E-state index contributed by atoms with van der Waals surface area (Å²) >= 11 is 0. The van der Waals surface area contributed by atoms with E-state index in [1.807, 2.05) is 7.05 Å². The molecule has 3 saturated carbocycles. The molecule has 0 aromatic carbocycles. The zero-order chi connectivity index (χ0) is 20.4. The third kappa shape index (κ3) is 2.76. The molecule has 0 unspecified atom stereocenters. The van der Waals surface area contributed by atoms with Gasteiger partial charge in [0.05, 0.1) is 0 Å². The molecular formula is C24H39NO3. The first-order valence-corrected chi connectivity index (χ1v) is 11.5. The second kappa shape index (κ2) is 6.74. The van der Waals surface area contributed by atoms with Crippen molar-refractivity contribution in [3.8, 4) is 0 Å². The zero-order valence-corrected chi connectivity index (χ0v) is 18.7. The predicted molar refractivity (Wildman–Crippen MR) is 109 cm³/mol. The Hall–Kier alpha value is -1.06. The fourth-order valence-corrected chi connectivity index (χ4v) is 8.89. The first kappa shape index (κ1) is 20.2. The summed E-state index contributed by atoms with van der Waals surface area (Å²) in [6.45, 7) is 11.0. The standard InChI is InChI=1S/C24H39NO3/c1-14-13-19-17-7-8-20-23(4,12-10-21(27)25(20)6)18(17)9-11-24(19,5)22(14)15(2)28-16(3)26/h14-15,17-20,22H,7-13H2,1-6H3/t14-,15+,17+,18-,19-,20+,22-,23+,24-/m0/s1. The minimum atomic E-state index is -0.150. The maximum Gasteiger partial charge on any atom is 0.302 e. The molecule has 28 heavy (non-hydrogen) atoms. The molecule has 0 N–H and O–H groups in total. The summed E-state index contributed by atoms with van der Waals surface area (Å²) in [5.74, 6) is 3.47. The molecule has 4 aliphatic rings. The minimum Gasteiger partial charge on any atom is -0.463 e. The summed E-state index contributed by atoms with van der Waals surface area (Å²) in [6, 6.07) is 0.425. The highest BCUT2D eigenvalue weighted by atomic mass is 16.5. The van der Waals surface area contributed by atoms with E-state index in [2.05, 4.69) is 32.6 Å². The number of fused-ring (bicyclic) bond motifs is 5. The molecule has 0 aromatic rings. The Balaban J connectivity index is 1.61. The number of carbonyl (C=O) groups is 2. The van der Waals surface area contributed by atoms with Crippen molar-refractivity contribution in [2.45, 2.75) is 91.7 Å². The number of ether oxygens (including phenoxy) is 1. The van der Waals surface area contributed by atoms with Crippen LogP contribution in [0.25, 0.3) is 0 Å². The van der Waals surface area contributed by atoms with E-state index in [1.165, 1.54) is 32.6 Å². The van der Waals surface area contributed by atoms with Crippen molar-refractivity contribution < 1.29 is 14.3 Å². The van der Waals surface area contributed by atoms with Crippen molar-refractivity contribution in [2.24, 2.45) is 40.4 Å². The van der Waals surface area contributed by atoms with E-state index < -0.39 is 0 Å². The Morgan fingerprint density at radius 3 is 2.54 bits per heavy atom. The van der Waals surface area contributed by atoms with Crippen LogP contribution in [0.5, 0.6) is 0 Å². The molecule has 158 valence electrons. The quantitative estimate of drug-likeness (QED) is 0.645. The fourth-order valence-electron chi connectivity index (χ4n) is 8.89. The number of likely N-dealkylation sites (tertiary alicyclic amines) is 1. The molecule has 1 amide bonds. The average Bonchev–Trinajstić information content (AvgIpc) is 2.88. The first-order valence-electron chi connectivity index (χ1n) is 11.5. The number of hydrogen-bond acceptors (Lipinski definition) is 3. The van der Waals surface area contributed by atoms with Gasteiger partial charge in [-0.1, -0.05) is 20.8 Å². The van der Waals surface area contributed by atoms with Crippen LogP contribution in [0.2, 0.25) is 0 Å². The average molecular weight is 390 g/mol. The predicted octanol–water partition coefficient (Wildman–Crippen LogP) is 4.66. The molecule has 4 rings (SSSR count). The van der Waals surface area contributed by atoms with E-state index in [4.69, 9.17) is 4.74 Å². The van der Waals surface area contributed by atoms with Gasteiger partial charge < -0.3 is 9.64 Å². The highest BCUT2D eigenvalue weighted by Crippen LogP contribution is 2.67. The van der Waals surface area contributed by atoms with E-state index >= 15 is 0 Å². The van der Waals surface area contributed by atoms with Gasteiger partial charge in [-0.2, -0.15) is 0 Å². The molecule has 3 aliphatic carbocycles. The second-order valence-corrected chi connectivity index (χ2v) is 11.1. The van der Waals surface area contributed by atoms with Crippen LogP contribution in [-0.4, -0.2) is 36.0 Å². The van der Waals surface area contributed by atoms with Crippen LogP contribution in [0.3, 0.4) is 0 Å². The molecule has 1 heterocycles. The SMILES string of the molecule is CC(=O)O[C@H](C)[C@@H]1[C@@H](C)C[C@H]2[C@@H]3CC[C@H]4N(C)C(=O)CC[C@]4(C)[C@H]3CC[C@]12C. The molecule has 0 spiro atoms. The van der Waals surface area contributed by atoms with Gasteiger partial charge in [-0.15, -0.1) is 0 Å². The number of rotatable bonds is 2. The van der Waals surface area contributed by atoms with Crippen molar-refractivity contribution in [3.05, 3.63) is 0 Å². The van der Waals surface area contributed by atoms with Crippen molar-refractivity contribution in [2.75, 3.05) is 7.05 Å². The van der Waals surface area contributed by atoms with Crippen molar-refractivity contribution in [1.29, 1.82) is 0 Å². The topological polar surface area (TPSA) is 46.6 Å². The number of hydrogen-bond donors (Lipinski definition) is 0. The zero-order valence-electron chi connectivity index (χ0n) is 18.7. The number of amides is 1. The van der Waals surface area contributed by atoms with E-state index in [0.29, 0.717) is 23.8 Å². The van der Waals surface area contributed by atoms with Crippen LogP contribution in [0.4, 0.5) is 0 Å². The Labute approximate surface area is 170 Å². The molecule has 4 fully saturated rings. The van der Waals surface area contributed by atoms with Gasteiger partial charge in [0, 0.05) is 32.4 Å². The Kier molecular flexibility index (Phi) is 4.87. The third-order valence-corrected chi connectivity index (χ3v) is 9.85. The Morgan fingerprint density at radius 2 is 1.86 bits per heavy atom. The number of nitrogens with zero attached hydrogens (tertiary/aromatic N) is 1. The second-order valence-electron chi connectivity index (χ2n) is 11.1. The highest BCUT2D eigenvalue weighted by Gasteiger charge is 2.63. The van der Waals surface area contributed by atoms with Crippen molar-refractivity contribution in [3.63, 3.8) is 0 Å². The maximum atomic E-state index is 12.3. The lowest BCUT2D eigenvalue weighted by Crippen LogP contribution is -2.61. The lowest BCUT2D eigenvalue weighted by Gasteiger charge is -2.62. The molecule has 1 saturated heterocycles. The summed E-state index contributed by atoms with van der Waals surface area (Å²) in [4.78, 5) is 26.0.